The van der Waals surface area contributed by atoms with Crippen molar-refractivity contribution in [3.63, 3.8) is 0 Å². The quantitative estimate of drug-likeness (QED) is 0.363. The molecule has 0 aliphatic carbocycles. The average molecular weight is 452 g/mol. The van der Waals surface area contributed by atoms with Gasteiger partial charge in [0.25, 0.3) is 11.7 Å². The van der Waals surface area contributed by atoms with E-state index in [2.05, 4.69) is 19.6 Å². The van der Waals surface area contributed by atoms with Crippen molar-refractivity contribution < 1.29 is 23.5 Å². The third-order valence-corrected chi connectivity index (χ3v) is 6.03. The summed E-state index contributed by atoms with van der Waals surface area (Å²) in [5.74, 6) is -2.32. The lowest BCUT2D eigenvalue weighted by Gasteiger charge is -2.44. The van der Waals surface area contributed by atoms with E-state index in [1.54, 1.807) is 29.2 Å². The van der Waals surface area contributed by atoms with Crippen LogP contribution in [0.15, 0.2) is 42.6 Å². The molecule has 1 aromatic carbocycles. The molecule has 2 atom stereocenters. The maximum absolute atomic E-state index is 13.3. The van der Waals surface area contributed by atoms with E-state index in [1.165, 1.54) is 18.3 Å². The predicted octanol–water partition coefficient (Wildman–Crippen LogP) is 2.79. The van der Waals surface area contributed by atoms with Gasteiger partial charge in [0.15, 0.2) is 0 Å². The highest BCUT2D eigenvalue weighted by atomic mass is 19.1. The molecule has 2 aromatic heterocycles. The van der Waals surface area contributed by atoms with Crippen molar-refractivity contribution in [2.45, 2.75) is 32.5 Å². The molecule has 0 saturated carbocycles. The molecule has 1 aliphatic rings. The second-order valence-corrected chi connectivity index (χ2v) is 8.33. The van der Waals surface area contributed by atoms with Gasteiger partial charge in [-0.25, -0.2) is 14.2 Å². The minimum atomic E-state index is -0.992. The molecule has 1 N–H and O–H groups in total. The average Bonchev–Trinajstić information content (AvgIpc) is 3.24. The van der Waals surface area contributed by atoms with E-state index in [1.807, 2.05) is 13.8 Å². The van der Waals surface area contributed by atoms with E-state index in [-0.39, 0.29) is 40.6 Å². The molecule has 0 spiro atoms. The highest BCUT2D eigenvalue weighted by Gasteiger charge is 2.33. The number of piperazine rings is 1. The van der Waals surface area contributed by atoms with Gasteiger partial charge in [0, 0.05) is 37.9 Å². The van der Waals surface area contributed by atoms with Crippen LogP contribution in [0.25, 0.3) is 11.0 Å². The first-order chi connectivity index (χ1) is 15.8. The number of carbonyl (C=O) groups excluding carboxylic acids is 3. The molecule has 1 saturated heterocycles. The molecule has 33 heavy (non-hydrogen) atoms. The number of benzene rings is 1. The minimum Gasteiger partial charge on any atom is -0.463 e. The lowest BCUT2D eigenvalue weighted by Crippen LogP contribution is -2.57. The van der Waals surface area contributed by atoms with Crippen molar-refractivity contribution in [3.05, 3.63) is 65.2 Å². The topological polar surface area (TPSA) is 95.6 Å². The number of ketones is 1. The van der Waals surface area contributed by atoms with Crippen LogP contribution in [0.5, 0.6) is 0 Å². The number of hydrogen-bond donors (Lipinski definition) is 1. The van der Waals surface area contributed by atoms with Gasteiger partial charge in [0.2, 0.25) is 0 Å². The van der Waals surface area contributed by atoms with Gasteiger partial charge >= 0.3 is 5.97 Å². The first-order valence-corrected chi connectivity index (χ1v) is 10.7. The number of nitrogens with one attached hydrogen (secondary N) is 1. The van der Waals surface area contributed by atoms with Gasteiger partial charge in [-0.05, 0) is 43.7 Å². The third-order valence-electron chi connectivity index (χ3n) is 6.03. The van der Waals surface area contributed by atoms with Gasteiger partial charge in [-0.1, -0.05) is 12.1 Å². The highest BCUT2D eigenvalue weighted by Crippen LogP contribution is 2.22. The fraction of sp³-hybridized carbons (Fsp3) is 0.333. The number of carbonyl (C=O) groups is 3. The molecule has 172 valence electrons. The number of aromatic nitrogens is 2. The Morgan fingerprint density at radius 2 is 1.82 bits per heavy atom. The molecular weight excluding hydrogens is 427 g/mol. The SMILES string of the molecule is COC(=O)C(=O)c1c[nH]c2ccc(C(=O)N3C[C@H](C)N(Cc4ccc(F)cc4)C[C@H]3C)nc12. The van der Waals surface area contributed by atoms with Gasteiger partial charge in [-0.3, -0.25) is 14.5 Å². The molecule has 0 unspecified atom stereocenters. The third kappa shape index (κ3) is 4.49. The number of rotatable bonds is 5. The zero-order valence-corrected chi connectivity index (χ0v) is 18.7. The number of methoxy groups -OCH3 is 1. The number of Topliss-reactive ketones (excluding diaryl/α,β-unsaturated/α-hetero) is 1. The number of amides is 1. The van der Waals surface area contributed by atoms with Crippen LogP contribution in [-0.2, 0) is 16.1 Å². The van der Waals surface area contributed by atoms with Crippen LogP contribution < -0.4 is 0 Å². The van der Waals surface area contributed by atoms with E-state index in [0.717, 1.165) is 12.7 Å². The fourth-order valence-electron chi connectivity index (χ4n) is 4.17. The fourth-order valence-corrected chi connectivity index (χ4v) is 4.17. The van der Waals surface area contributed by atoms with E-state index in [9.17, 15) is 18.8 Å². The largest absolute Gasteiger partial charge is 0.463 e. The molecule has 9 heteroatoms. The van der Waals surface area contributed by atoms with Gasteiger partial charge in [-0.2, -0.15) is 0 Å². The van der Waals surface area contributed by atoms with Crippen LogP contribution in [0.1, 0.15) is 40.3 Å². The number of nitrogens with zero attached hydrogens (tertiary/aromatic N) is 3. The number of ether oxygens (including phenoxy) is 1. The Kier molecular flexibility index (Phi) is 6.24. The van der Waals surface area contributed by atoms with Crippen LogP contribution in [0.4, 0.5) is 4.39 Å². The first kappa shape index (κ1) is 22.6. The van der Waals surface area contributed by atoms with Crippen molar-refractivity contribution in [3.8, 4) is 0 Å². The predicted molar refractivity (Wildman–Crippen MR) is 119 cm³/mol. The molecule has 1 fully saturated rings. The summed E-state index contributed by atoms with van der Waals surface area (Å²) in [5, 5.41) is 0. The summed E-state index contributed by atoms with van der Waals surface area (Å²) in [6, 6.07) is 9.73. The second kappa shape index (κ2) is 9.11. The van der Waals surface area contributed by atoms with Crippen LogP contribution in [0.3, 0.4) is 0 Å². The highest BCUT2D eigenvalue weighted by molar-refractivity contribution is 6.42. The monoisotopic (exact) mass is 452 g/mol. The standard InChI is InChI=1S/C24H25FN4O4/c1-14-12-29(15(2)11-28(14)13-16-4-6-17(25)7-5-16)23(31)20-9-8-19-21(27-20)18(10-26-19)22(30)24(32)33-3/h4-10,14-15,26H,11-13H2,1-3H3/t14-,15+/m0/s1. The molecule has 3 aromatic rings. The van der Waals surface area contributed by atoms with Crippen molar-refractivity contribution in [2.75, 3.05) is 20.2 Å². The number of fused-ring (bicyclic) bond motifs is 1. The van der Waals surface area contributed by atoms with E-state index < -0.39 is 11.8 Å². The summed E-state index contributed by atoms with van der Waals surface area (Å²) in [5.41, 5.74) is 2.08. The zero-order chi connectivity index (χ0) is 23.7. The molecule has 4 rings (SSSR count). The Labute approximate surface area is 190 Å². The molecule has 1 amide bonds. The molecule has 3 heterocycles. The number of hydrogen-bond acceptors (Lipinski definition) is 6. The van der Waals surface area contributed by atoms with Gasteiger partial charge in [0.1, 0.15) is 17.0 Å². The molecule has 0 radical (unpaired) electrons. The Hall–Kier alpha value is -3.59. The zero-order valence-electron chi connectivity index (χ0n) is 18.7. The summed E-state index contributed by atoms with van der Waals surface area (Å²) in [6.45, 7) is 5.85. The molecule has 1 aliphatic heterocycles. The second-order valence-electron chi connectivity index (χ2n) is 8.33. The van der Waals surface area contributed by atoms with Gasteiger partial charge < -0.3 is 14.6 Å². The summed E-state index contributed by atoms with van der Waals surface area (Å²) in [6.07, 6.45) is 1.39. The van der Waals surface area contributed by atoms with Crippen molar-refractivity contribution in [1.82, 2.24) is 19.8 Å². The lowest BCUT2D eigenvalue weighted by molar-refractivity contribution is -0.135. The lowest BCUT2D eigenvalue weighted by atomic mass is 10.1. The van der Waals surface area contributed by atoms with Crippen molar-refractivity contribution >= 4 is 28.7 Å². The van der Waals surface area contributed by atoms with Crippen molar-refractivity contribution in [2.24, 2.45) is 0 Å². The minimum absolute atomic E-state index is 0.0667. The Morgan fingerprint density at radius 3 is 2.52 bits per heavy atom. The molecule has 0 bridgehead atoms. The first-order valence-electron chi connectivity index (χ1n) is 10.7. The van der Waals surface area contributed by atoms with Gasteiger partial charge in [0.05, 0.1) is 18.2 Å². The molecule has 8 nitrogen and oxygen atoms in total. The van der Waals surface area contributed by atoms with Crippen LogP contribution in [-0.4, -0.2) is 69.7 Å². The van der Waals surface area contributed by atoms with Crippen LogP contribution in [0, 0.1) is 5.82 Å². The molecular formula is C24H25FN4O4. The Balaban J connectivity index is 1.52. The normalized spacial score (nSPS) is 19.0. The van der Waals surface area contributed by atoms with Crippen LogP contribution >= 0.6 is 0 Å². The number of H-pyrrole nitrogens is 1. The van der Waals surface area contributed by atoms with E-state index in [4.69, 9.17) is 0 Å². The number of aromatic amines is 1. The maximum Gasteiger partial charge on any atom is 0.379 e. The Morgan fingerprint density at radius 1 is 1.09 bits per heavy atom. The van der Waals surface area contributed by atoms with Gasteiger partial charge in [-0.15, -0.1) is 0 Å². The van der Waals surface area contributed by atoms with Crippen molar-refractivity contribution in [1.29, 1.82) is 0 Å². The number of halogens is 1. The summed E-state index contributed by atoms with van der Waals surface area (Å²) in [7, 11) is 1.13. The van der Waals surface area contributed by atoms with Crippen LogP contribution in [0.2, 0.25) is 0 Å². The summed E-state index contributed by atoms with van der Waals surface area (Å²) < 4.78 is 17.7. The maximum atomic E-state index is 13.3. The number of pyridine rings is 1. The summed E-state index contributed by atoms with van der Waals surface area (Å²) >= 11 is 0. The Bertz CT molecular complexity index is 1210. The summed E-state index contributed by atoms with van der Waals surface area (Å²) in [4.78, 5) is 48.6. The van der Waals surface area contributed by atoms with E-state index >= 15 is 0 Å². The smallest absolute Gasteiger partial charge is 0.379 e. The number of esters is 1. The van der Waals surface area contributed by atoms with E-state index in [0.29, 0.717) is 25.2 Å².